The van der Waals surface area contributed by atoms with Crippen LogP contribution < -0.4 is 10.3 Å². The van der Waals surface area contributed by atoms with Crippen LogP contribution in [-0.4, -0.2) is 16.4 Å². The molecule has 0 radical (unpaired) electrons. The number of hydrogen-bond donors (Lipinski definition) is 0. The molecule has 0 amide bonds. The van der Waals surface area contributed by atoms with Gasteiger partial charge in [-0.2, -0.15) is 5.10 Å². The first-order valence-electron chi connectivity index (χ1n) is 6.91. The lowest BCUT2D eigenvalue weighted by atomic mass is 10.1. The van der Waals surface area contributed by atoms with Crippen molar-refractivity contribution in [1.29, 1.82) is 0 Å². The third-order valence-electron chi connectivity index (χ3n) is 2.87. The molecule has 4 heteroatoms. The summed E-state index contributed by atoms with van der Waals surface area (Å²) in [4.78, 5) is 11.8. The largest absolute Gasteiger partial charge is 0.494 e. The van der Waals surface area contributed by atoms with Gasteiger partial charge in [0.15, 0.2) is 0 Å². The minimum Gasteiger partial charge on any atom is -0.494 e. The average molecular weight is 272 g/mol. The van der Waals surface area contributed by atoms with Crippen molar-refractivity contribution in [2.24, 2.45) is 5.92 Å². The van der Waals surface area contributed by atoms with Crippen molar-refractivity contribution < 1.29 is 4.74 Å². The van der Waals surface area contributed by atoms with Gasteiger partial charge in [-0.05, 0) is 43.2 Å². The maximum atomic E-state index is 11.8. The Morgan fingerprint density at radius 2 is 1.85 bits per heavy atom. The first-order chi connectivity index (χ1) is 9.60. The Bertz CT molecular complexity index is 615. The standard InChI is InChI=1S/C16H20N2O2/c1-4-20-14-7-5-13(6-8-14)15-9-10-16(19)18(17-15)11-12(2)3/h5-10,12H,4,11H2,1-3H3. The normalized spacial score (nSPS) is 10.8. The molecule has 0 aliphatic heterocycles. The molecule has 2 rings (SSSR count). The molecule has 0 aliphatic rings. The Hall–Kier alpha value is -2.10. The molecule has 1 aromatic heterocycles. The van der Waals surface area contributed by atoms with Crippen molar-refractivity contribution in [2.75, 3.05) is 6.61 Å². The molecular formula is C16H20N2O2. The third kappa shape index (κ3) is 3.47. The summed E-state index contributed by atoms with van der Waals surface area (Å²) in [5, 5.41) is 4.42. The summed E-state index contributed by atoms with van der Waals surface area (Å²) in [6.07, 6.45) is 0. The first-order valence-corrected chi connectivity index (χ1v) is 6.91. The molecule has 4 nitrogen and oxygen atoms in total. The quantitative estimate of drug-likeness (QED) is 0.840. The molecule has 2 aromatic rings. The fourth-order valence-corrected chi connectivity index (χ4v) is 1.97. The number of nitrogens with zero attached hydrogens (tertiary/aromatic N) is 2. The van der Waals surface area contributed by atoms with Gasteiger partial charge in [-0.15, -0.1) is 0 Å². The van der Waals surface area contributed by atoms with Crippen LogP contribution in [0.3, 0.4) is 0 Å². The number of rotatable bonds is 5. The van der Waals surface area contributed by atoms with E-state index in [1.54, 1.807) is 12.1 Å². The van der Waals surface area contributed by atoms with Gasteiger partial charge in [0.05, 0.1) is 12.3 Å². The maximum absolute atomic E-state index is 11.8. The molecule has 0 saturated carbocycles. The average Bonchev–Trinajstić information content (AvgIpc) is 2.42. The highest BCUT2D eigenvalue weighted by Crippen LogP contribution is 2.19. The van der Waals surface area contributed by atoms with Crippen LogP contribution in [0.25, 0.3) is 11.3 Å². The van der Waals surface area contributed by atoms with E-state index in [-0.39, 0.29) is 5.56 Å². The Balaban J connectivity index is 2.30. The minimum atomic E-state index is -0.0617. The van der Waals surface area contributed by atoms with Crippen LogP contribution in [0.4, 0.5) is 0 Å². The zero-order valence-electron chi connectivity index (χ0n) is 12.2. The molecule has 1 aromatic carbocycles. The first kappa shape index (κ1) is 14.3. The second kappa shape index (κ2) is 6.37. The van der Waals surface area contributed by atoms with E-state index >= 15 is 0 Å². The lowest BCUT2D eigenvalue weighted by Crippen LogP contribution is -2.24. The molecule has 0 atom stereocenters. The van der Waals surface area contributed by atoms with E-state index in [0.717, 1.165) is 17.0 Å². The molecule has 0 N–H and O–H groups in total. The topological polar surface area (TPSA) is 44.1 Å². The molecule has 0 spiro atoms. The van der Waals surface area contributed by atoms with Crippen LogP contribution >= 0.6 is 0 Å². The highest BCUT2D eigenvalue weighted by atomic mass is 16.5. The highest BCUT2D eigenvalue weighted by Gasteiger charge is 2.05. The monoisotopic (exact) mass is 272 g/mol. The lowest BCUT2D eigenvalue weighted by Gasteiger charge is -2.09. The third-order valence-corrected chi connectivity index (χ3v) is 2.87. The van der Waals surface area contributed by atoms with Gasteiger partial charge < -0.3 is 4.74 Å². The summed E-state index contributed by atoms with van der Waals surface area (Å²) in [5.74, 6) is 1.22. The zero-order valence-corrected chi connectivity index (χ0v) is 12.2. The number of aromatic nitrogens is 2. The van der Waals surface area contributed by atoms with Crippen LogP contribution in [0.5, 0.6) is 5.75 Å². The lowest BCUT2D eigenvalue weighted by molar-refractivity contribution is 0.340. The van der Waals surface area contributed by atoms with Crippen molar-refractivity contribution >= 4 is 0 Å². The van der Waals surface area contributed by atoms with Gasteiger partial charge in [-0.3, -0.25) is 4.79 Å². The van der Waals surface area contributed by atoms with Crippen molar-refractivity contribution in [3.8, 4) is 17.0 Å². The number of ether oxygens (including phenoxy) is 1. The van der Waals surface area contributed by atoms with Gasteiger partial charge >= 0.3 is 0 Å². The highest BCUT2D eigenvalue weighted by molar-refractivity contribution is 5.59. The van der Waals surface area contributed by atoms with Crippen molar-refractivity contribution in [1.82, 2.24) is 9.78 Å². The van der Waals surface area contributed by atoms with E-state index in [4.69, 9.17) is 4.74 Å². The van der Waals surface area contributed by atoms with E-state index in [9.17, 15) is 4.79 Å². The van der Waals surface area contributed by atoms with E-state index in [2.05, 4.69) is 18.9 Å². The fourth-order valence-electron chi connectivity index (χ4n) is 1.97. The van der Waals surface area contributed by atoms with E-state index < -0.39 is 0 Å². The zero-order chi connectivity index (χ0) is 14.5. The molecule has 0 saturated heterocycles. The fraction of sp³-hybridized carbons (Fsp3) is 0.375. The predicted molar refractivity (Wildman–Crippen MR) is 79.9 cm³/mol. The molecule has 20 heavy (non-hydrogen) atoms. The van der Waals surface area contributed by atoms with Gasteiger partial charge in [-0.1, -0.05) is 13.8 Å². The molecule has 106 valence electrons. The summed E-state index contributed by atoms with van der Waals surface area (Å²) in [6, 6.07) is 11.1. The number of hydrogen-bond acceptors (Lipinski definition) is 3. The predicted octanol–water partition coefficient (Wildman–Crippen LogP) is 2.97. The summed E-state index contributed by atoms with van der Waals surface area (Å²) in [6.45, 7) is 7.37. The molecular weight excluding hydrogens is 252 g/mol. The van der Waals surface area contributed by atoms with Crippen LogP contribution in [-0.2, 0) is 6.54 Å². The van der Waals surface area contributed by atoms with Crippen molar-refractivity contribution in [2.45, 2.75) is 27.3 Å². The summed E-state index contributed by atoms with van der Waals surface area (Å²) < 4.78 is 6.94. The van der Waals surface area contributed by atoms with Crippen molar-refractivity contribution in [3.05, 3.63) is 46.8 Å². The molecule has 0 aliphatic carbocycles. The van der Waals surface area contributed by atoms with Crippen molar-refractivity contribution in [3.63, 3.8) is 0 Å². The van der Waals surface area contributed by atoms with Gasteiger partial charge in [-0.25, -0.2) is 4.68 Å². The summed E-state index contributed by atoms with van der Waals surface area (Å²) in [7, 11) is 0. The van der Waals surface area contributed by atoms with E-state index in [0.29, 0.717) is 19.1 Å². The van der Waals surface area contributed by atoms with Gasteiger partial charge in [0, 0.05) is 18.2 Å². The number of benzene rings is 1. The smallest absolute Gasteiger partial charge is 0.266 e. The van der Waals surface area contributed by atoms with E-state index in [1.165, 1.54) is 4.68 Å². The van der Waals surface area contributed by atoms with E-state index in [1.807, 2.05) is 31.2 Å². The van der Waals surface area contributed by atoms with Gasteiger partial charge in [0.1, 0.15) is 5.75 Å². The maximum Gasteiger partial charge on any atom is 0.266 e. The molecule has 1 heterocycles. The Kier molecular flexibility index (Phi) is 4.56. The van der Waals surface area contributed by atoms with Gasteiger partial charge in [0.2, 0.25) is 0 Å². The van der Waals surface area contributed by atoms with Crippen LogP contribution in [0.1, 0.15) is 20.8 Å². The molecule has 0 fully saturated rings. The van der Waals surface area contributed by atoms with Crippen LogP contribution in [0.2, 0.25) is 0 Å². The second-order valence-corrected chi connectivity index (χ2v) is 5.09. The molecule has 0 bridgehead atoms. The minimum absolute atomic E-state index is 0.0617. The van der Waals surface area contributed by atoms with Gasteiger partial charge in [0.25, 0.3) is 5.56 Å². The Morgan fingerprint density at radius 3 is 2.45 bits per heavy atom. The van der Waals surface area contributed by atoms with Crippen LogP contribution in [0, 0.1) is 5.92 Å². The summed E-state index contributed by atoms with van der Waals surface area (Å²) >= 11 is 0. The Labute approximate surface area is 119 Å². The SMILES string of the molecule is CCOc1ccc(-c2ccc(=O)n(CC(C)C)n2)cc1. The molecule has 0 unspecified atom stereocenters. The Morgan fingerprint density at radius 1 is 1.15 bits per heavy atom. The van der Waals surface area contributed by atoms with Crippen LogP contribution in [0.15, 0.2) is 41.2 Å². The summed E-state index contributed by atoms with van der Waals surface area (Å²) in [5.41, 5.74) is 1.72. The second-order valence-electron chi connectivity index (χ2n) is 5.09.